The summed E-state index contributed by atoms with van der Waals surface area (Å²) in [6.45, 7) is 0. The molecule has 0 saturated heterocycles. The van der Waals surface area contributed by atoms with E-state index in [-0.39, 0.29) is 11.4 Å². The first-order valence-electron chi connectivity index (χ1n) is 3.52. The van der Waals surface area contributed by atoms with Crippen LogP contribution in [0.1, 0.15) is 5.56 Å². The Morgan fingerprint density at radius 2 is 1.93 bits per heavy atom. The van der Waals surface area contributed by atoms with E-state index in [1.165, 1.54) is 0 Å². The van der Waals surface area contributed by atoms with Crippen LogP contribution in [-0.2, 0) is 5.88 Å². The zero-order chi connectivity index (χ0) is 10.8. The topological polar surface area (TPSA) is 9.23 Å². The maximum Gasteiger partial charge on any atom is 0.573 e. The normalized spacial score (nSPS) is 11.5. The first kappa shape index (κ1) is 11.1. The lowest BCUT2D eigenvalue weighted by atomic mass is 10.2. The number of halogens is 5. The number of benzene rings is 1. The summed E-state index contributed by atoms with van der Waals surface area (Å²) in [5, 5.41) is 0. The summed E-state index contributed by atoms with van der Waals surface area (Å²) in [6, 6.07) is 2.80. The molecular weight excluding hydrogens is 224 g/mol. The molecule has 0 spiro atoms. The molecule has 6 heteroatoms. The van der Waals surface area contributed by atoms with Gasteiger partial charge in [0.15, 0.2) is 0 Å². The SMILES string of the molecule is Fc1ccc(CCl)c(OC(F)(F)F)c1. The van der Waals surface area contributed by atoms with E-state index in [2.05, 4.69) is 4.74 Å². The van der Waals surface area contributed by atoms with E-state index in [1.807, 2.05) is 0 Å². The quantitative estimate of drug-likeness (QED) is 0.556. The minimum atomic E-state index is -4.84. The van der Waals surface area contributed by atoms with Gasteiger partial charge in [0.25, 0.3) is 0 Å². The van der Waals surface area contributed by atoms with Crippen LogP contribution in [0.25, 0.3) is 0 Å². The van der Waals surface area contributed by atoms with Gasteiger partial charge in [0.1, 0.15) is 11.6 Å². The van der Waals surface area contributed by atoms with E-state index in [4.69, 9.17) is 11.6 Å². The number of hydrogen-bond acceptors (Lipinski definition) is 1. The molecule has 14 heavy (non-hydrogen) atoms. The van der Waals surface area contributed by atoms with Gasteiger partial charge in [-0.25, -0.2) is 4.39 Å². The molecule has 0 atom stereocenters. The minimum absolute atomic E-state index is 0.0883. The summed E-state index contributed by atoms with van der Waals surface area (Å²) in [6.07, 6.45) is -4.84. The highest BCUT2D eigenvalue weighted by atomic mass is 35.5. The molecule has 0 bridgehead atoms. The summed E-state index contributed by atoms with van der Waals surface area (Å²) < 4.78 is 51.6. The van der Waals surface area contributed by atoms with Gasteiger partial charge < -0.3 is 4.74 Å². The van der Waals surface area contributed by atoms with E-state index < -0.39 is 17.9 Å². The van der Waals surface area contributed by atoms with E-state index in [1.54, 1.807) is 0 Å². The van der Waals surface area contributed by atoms with Crippen LogP contribution in [0.3, 0.4) is 0 Å². The Labute approximate surface area is 82.2 Å². The summed E-state index contributed by atoms with van der Waals surface area (Å²) in [5.74, 6) is -1.59. The lowest BCUT2D eigenvalue weighted by molar-refractivity contribution is -0.274. The Kier molecular flexibility index (Phi) is 3.21. The van der Waals surface area contributed by atoms with Crippen LogP contribution in [0, 0.1) is 5.82 Å². The molecule has 0 aliphatic heterocycles. The van der Waals surface area contributed by atoms with Crippen LogP contribution in [-0.4, -0.2) is 6.36 Å². The van der Waals surface area contributed by atoms with Crippen LogP contribution in [0.2, 0.25) is 0 Å². The standard InChI is InChI=1S/C8H5ClF4O/c9-4-5-1-2-6(10)3-7(5)14-8(11,12)13/h1-3H,4H2. The molecule has 1 aromatic rings. The zero-order valence-corrected chi connectivity index (χ0v) is 7.49. The molecule has 0 N–H and O–H groups in total. The van der Waals surface area contributed by atoms with Gasteiger partial charge in [-0.15, -0.1) is 24.8 Å². The van der Waals surface area contributed by atoms with E-state index in [0.29, 0.717) is 6.07 Å². The molecule has 0 saturated carbocycles. The Morgan fingerprint density at radius 1 is 1.29 bits per heavy atom. The van der Waals surface area contributed by atoms with Crippen molar-refractivity contribution in [1.82, 2.24) is 0 Å². The summed E-state index contributed by atoms with van der Waals surface area (Å²) in [4.78, 5) is 0. The van der Waals surface area contributed by atoms with Crippen molar-refractivity contribution in [2.45, 2.75) is 12.2 Å². The molecule has 0 radical (unpaired) electrons. The lowest BCUT2D eigenvalue weighted by Gasteiger charge is -2.11. The third-order valence-electron chi connectivity index (χ3n) is 1.40. The fourth-order valence-electron chi connectivity index (χ4n) is 0.858. The van der Waals surface area contributed by atoms with E-state index in [0.717, 1.165) is 12.1 Å². The Balaban J connectivity index is 2.99. The van der Waals surface area contributed by atoms with Gasteiger partial charge in [-0.2, -0.15) is 0 Å². The third kappa shape index (κ3) is 3.06. The molecule has 0 unspecified atom stereocenters. The molecule has 1 nitrogen and oxygen atoms in total. The predicted octanol–water partition coefficient (Wildman–Crippen LogP) is 3.46. The summed E-state index contributed by atoms with van der Waals surface area (Å²) in [5.41, 5.74) is 0.0883. The summed E-state index contributed by atoms with van der Waals surface area (Å²) in [7, 11) is 0. The summed E-state index contributed by atoms with van der Waals surface area (Å²) >= 11 is 5.34. The van der Waals surface area contributed by atoms with Crippen molar-refractivity contribution in [3.8, 4) is 5.75 Å². The molecule has 0 fully saturated rings. The lowest BCUT2D eigenvalue weighted by Crippen LogP contribution is -2.18. The average molecular weight is 229 g/mol. The maximum absolute atomic E-state index is 12.6. The van der Waals surface area contributed by atoms with Crippen LogP contribution >= 0.6 is 11.6 Å². The van der Waals surface area contributed by atoms with Gasteiger partial charge in [-0.3, -0.25) is 0 Å². The Bertz CT molecular complexity index is 324. The molecule has 0 aliphatic rings. The third-order valence-corrected chi connectivity index (χ3v) is 1.69. The zero-order valence-electron chi connectivity index (χ0n) is 6.74. The van der Waals surface area contributed by atoms with E-state index in [9.17, 15) is 17.6 Å². The first-order chi connectivity index (χ1) is 6.42. The van der Waals surface area contributed by atoms with Crippen LogP contribution < -0.4 is 4.74 Å². The molecule has 1 aromatic carbocycles. The molecule has 0 amide bonds. The second-order valence-electron chi connectivity index (χ2n) is 2.43. The molecule has 0 aromatic heterocycles. The molecule has 0 heterocycles. The second-order valence-corrected chi connectivity index (χ2v) is 2.70. The van der Waals surface area contributed by atoms with E-state index >= 15 is 0 Å². The van der Waals surface area contributed by atoms with Crippen molar-refractivity contribution in [3.05, 3.63) is 29.6 Å². The fourth-order valence-corrected chi connectivity index (χ4v) is 1.08. The largest absolute Gasteiger partial charge is 0.573 e. The molecule has 1 rings (SSSR count). The molecular formula is C8H5ClF4O. The van der Waals surface area contributed by atoms with Crippen molar-refractivity contribution in [2.75, 3.05) is 0 Å². The van der Waals surface area contributed by atoms with Gasteiger partial charge >= 0.3 is 6.36 Å². The van der Waals surface area contributed by atoms with Crippen molar-refractivity contribution >= 4 is 11.6 Å². The highest BCUT2D eigenvalue weighted by Crippen LogP contribution is 2.28. The van der Waals surface area contributed by atoms with Gasteiger partial charge in [-0.1, -0.05) is 6.07 Å². The molecule has 78 valence electrons. The monoisotopic (exact) mass is 228 g/mol. The minimum Gasteiger partial charge on any atom is -0.405 e. The highest BCUT2D eigenvalue weighted by Gasteiger charge is 2.32. The number of alkyl halides is 4. The smallest absolute Gasteiger partial charge is 0.405 e. The first-order valence-corrected chi connectivity index (χ1v) is 4.06. The van der Waals surface area contributed by atoms with Crippen molar-refractivity contribution in [1.29, 1.82) is 0 Å². The van der Waals surface area contributed by atoms with Gasteiger partial charge in [0.05, 0.1) is 5.88 Å². The van der Waals surface area contributed by atoms with Crippen molar-refractivity contribution in [2.24, 2.45) is 0 Å². The van der Waals surface area contributed by atoms with Crippen molar-refractivity contribution < 1.29 is 22.3 Å². The predicted molar refractivity (Wildman–Crippen MR) is 42.6 cm³/mol. The average Bonchev–Trinajstić information content (AvgIpc) is 2.01. The van der Waals surface area contributed by atoms with Crippen LogP contribution in [0.5, 0.6) is 5.75 Å². The number of hydrogen-bond donors (Lipinski definition) is 0. The Morgan fingerprint density at radius 3 is 2.43 bits per heavy atom. The van der Waals surface area contributed by atoms with Gasteiger partial charge in [0, 0.05) is 11.6 Å². The van der Waals surface area contributed by atoms with Crippen LogP contribution in [0.15, 0.2) is 18.2 Å². The fraction of sp³-hybridized carbons (Fsp3) is 0.250. The molecule has 0 aliphatic carbocycles. The van der Waals surface area contributed by atoms with Gasteiger partial charge in [0.2, 0.25) is 0 Å². The second kappa shape index (κ2) is 4.04. The highest BCUT2D eigenvalue weighted by molar-refractivity contribution is 6.17. The van der Waals surface area contributed by atoms with Crippen LogP contribution in [0.4, 0.5) is 17.6 Å². The Hall–Kier alpha value is -0.970. The van der Waals surface area contributed by atoms with Crippen molar-refractivity contribution in [3.63, 3.8) is 0 Å². The maximum atomic E-state index is 12.6. The number of ether oxygens (including phenoxy) is 1. The number of rotatable bonds is 2. The van der Waals surface area contributed by atoms with Gasteiger partial charge in [-0.05, 0) is 6.07 Å².